The normalized spacial score (nSPS) is 15.2. The van der Waals surface area contributed by atoms with Gasteiger partial charge in [0.25, 0.3) is 17.8 Å². The number of halogens is 1. The van der Waals surface area contributed by atoms with Crippen LogP contribution in [0.3, 0.4) is 0 Å². The topological polar surface area (TPSA) is 98.6 Å². The zero-order valence-corrected chi connectivity index (χ0v) is 18.4. The second-order valence-electron chi connectivity index (χ2n) is 7.37. The van der Waals surface area contributed by atoms with Crippen molar-refractivity contribution in [2.75, 3.05) is 23.4 Å². The lowest BCUT2D eigenvalue weighted by molar-refractivity contribution is 0.0767. The molecule has 2 amide bonds. The zero-order valence-electron chi connectivity index (χ0n) is 16.8. The molecule has 32 heavy (non-hydrogen) atoms. The number of nitrogens with one attached hydrogen (secondary N) is 2. The van der Waals surface area contributed by atoms with Crippen LogP contribution < -0.4 is 10.2 Å². The Hall–Kier alpha value is -3.43. The number of rotatable bonds is 5. The van der Waals surface area contributed by atoms with Crippen LogP contribution in [0.5, 0.6) is 0 Å². The van der Waals surface area contributed by atoms with Crippen LogP contribution in [0.4, 0.5) is 11.4 Å². The Labute approximate surface area is 192 Å². The van der Waals surface area contributed by atoms with Gasteiger partial charge in [0.05, 0.1) is 39.2 Å². The third-order valence-corrected chi connectivity index (χ3v) is 6.54. The molecule has 0 aliphatic carbocycles. The Morgan fingerprint density at radius 1 is 1.28 bits per heavy atom. The molecule has 0 radical (unpaired) electrons. The fourth-order valence-electron chi connectivity index (χ4n) is 3.83. The second kappa shape index (κ2) is 8.25. The van der Waals surface area contributed by atoms with Crippen molar-refractivity contribution in [3.05, 3.63) is 74.7 Å². The number of ether oxygens (including phenoxy) is 1. The predicted octanol–water partition coefficient (Wildman–Crippen LogP) is 3.98. The number of nitrogens with zero attached hydrogens (tertiary/aromatic N) is 3. The van der Waals surface area contributed by atoms with Gasteiger partial charge in [-0.25, -0.2) is 0 Å². The van der Waals surface area contributed by atoms with E-state index in [1.807, 2.05) is 24.3 Å². The van der Waals surface area contributed by atoms with Gasteiger partial charge in [-0.1, -0.05) is 23.7 Å². The summed E-state index contributed by atoms with van der Waals surface area (Å²) < 4.78 is 5.75. The monoisotopic (exact) mass is 467 g/mol. The summed E-state index contributed by atoms with van der Waals surface area (Å²) in [4.78, 5) is 34.1. The van der Waals surface area contributed by atoms with Crippen LogP contribution >= 0.6 is 22.9 Å². The molecule has 0 spiro atoms. The summed E-state index contributed by atoms with van der Waals surface area (Å²) in [5.74, 6) is -0.500. The van der Waals surface area contributed by atoms with E-state index in [2.05, 4.69) is 10.3 Å². The SMILES string of the molecule is N=C1OCCN1c1cccc(CN2Cc3nccc(NC(=O)c4ccc(Cl)s4)c3C2=O)c1. The summed E-state index contributed by atoms with van der Waals surface area (Å²) in [6.45, 7) is 1.86. The molecule has 8 nitrogen and oxygen atoms in total. The van der Waals surface area contributed by atoms with Crippen molar-refractivity contribution in [3.8, 4) is 0 Å². The molecule has 0 unspecified atom stereocenters. The number of amidine groups is 1. The zero-order chi connectivity index (χ0) is 22.2. The van der Waals surface area contributed by atoms with Crippen LogP contribution in [0.25, 0.3) is 0 Å². The number of carbonyl (C=O) groups is 2. The van der Waals surface area contributed by atoms with Crippen LogP contribution in [0.1, 0.15) is 31.3 Å². The summed E-state index contributed by atoms with van der Waals surface area (Å²) in [5.41, 5.74) is 3.27. The Bertz CT molecular complexity index is 1240. The van der Waals surface area contributed by atoms with Gasteiger partial charge in [-0.2, -0.15) is 0 Å². The van der Waals surface area contributed by atoms with Gasteiger partial charge >= 0.3 is 0 Å². The summed E-state index contributed by atoms with van der Waals surface area (Å²) in [7, 11) is 0. The summed E-state index contributed by atoms with van der Waals surface area (Å²) >= 11 is 7.10. The average molecular weight is 468 g/mol. The number of fused-ring (bicyclic) bond motifs is 1. The molecule has 162 valence electrons. The Morgan fingerprint density at radius 3 is 2.91 bits per heavy atom. The van der Waals surface area contributed by atoms with Crippen LogP contribution in [-0.2, 0) is 17.8 Å². The lowest BCUT2D eigenvalue weighted by Crippen LogP contribution is -2.25. The number of amides is 2. The summed E-state index contributed by atoms with van der Waals surface area (Å²) in [6.07, 6.45) is 1.59. The van der Waals surface area contributed by atoms with Gasteiger partial charge in [0.2, 0.25) is 0 Å². The number of benzene rings is 1. The van der Waals surface area contributed by atoms with E-state index in [1.54, 1.807) is 34.2 Å². The maximum Gasteiger partial charge on any atom is 0.289 e. The molecule has 0 saturated carbocycles. The molecule has 2 aliphatic rings. The number of hydrogen-bond acceptors (Lipinski definition) is 6. The highest BCUT2D eigenvalue weighted by Gasteiger charge is 2.32. The third-order valence-electron chi connectivity index (χ3n) is 5.31. The van der Waals surface area contributed by atoms with E-state index < -0.39 is 0 Å². The number of aromatic nitrogens is 1. The summed E-state index contributed by atoms with van der Waals surface area (Å²) in [6, 6.07) is 12.8. The molecule has 10 heteroatoms. The Morgan fingerprint density at radius 2 is 2.16 bits per heavy atom. The second-order valence-corrected chi connectivity index (χ2v) is 9.09. The van der Waals surface area contributed by atoms with Crippen LogP contribution in [-0.4, -0.2) is 40.9 Å². The average Bonchev–Trinajstić information content (AvgIpc) is 3.48. The van der Waals surface area contributed by atoms with Crippen LogP contribution in [0, 0.1) is 5.41 Å². The minimum Gasteiger partial charge on any atom is -0.463 e. The van der Waals surface area contributed by atoms with Gasteiger partial charge < -0.3 is 15.0 Å². The van der Waals surface area contributed by atoms with Gasteiger partial charge in [0.15, 0.2) is 0 Å². The molecule has 1 aromatic carbocycles. The van der Waals surface area contributed by atoms with E-state index >= 15 is 0 Å². The van der Waals surface area contributed by atoms with E-state index in [0.717, 1.165) is 11.3 Å². The van der Waals surface area contributed by atoms with E-state index in [0.29, 0.717) is 52.4 Å². The highest BCUT2D eigenvalue weighted by molar-refractivity contribution is 7.18. The van der Waals surface area contributed by atoms with Gasteiger partial charge in [-0.3, -0.25) is 24.9 Å². The molecule has 0 bridgehead atoms. The minimum atomic E-state index is -0.315. The standard InChI is InChI=1S/C22H18ClN5O3S/c23-18-5-4-17(32-18)20(29)26-15-6-7-25-16-12-27(21(30)19(15)16)11-13-2-1-3-14(10-13)28-8-9-31-22(28)24/h1-7,10,24H,8-9,11-12H2,(H,25,26,29). The smallest absolute Gasteiger partial charge is 0.289 e. The first-order valence-corrected chi connectivity index (χ1v) is 11.1. The number of hydrogen-bond donors (Lipinski definition) is 2. The van der Waals surface area contributed by atoms with E-state index in [1.165, 1.54) is 11.3 Å². The number of anilines is 2. The van der Waals surface area contributed by atoms with E-state index in [4.69, 9.17) is 21.7 Å². The highest BCUT2D eigenvalue weighted by atomic mass is 35.5. The molecule has 5 rings (SSSR count). The molecule has 3 aromatic rings. The van der Waals surface area contributed by atoms with Gasteiger partial charge in [-0.05, 0) is 35.9 Å². The Kier molecular flexibility index (Phi) is 5.28. The van der Waals surface area contributed by atoms with Crippen molar-refractivity contribution >= 4 is 52.1 Å². The molecule has 2 aromatic heterocycles. The van der Waals surface area contributed by atoms with Crippen molar-refractivity contribution in [3.63, 3.8) is 0 Å². The van der Waals surface area contributed by atoms with Gasteiger partial charge in [0, 0.05) is 18.4 Å². The van der Waals surface area contributed by atoms with Crippen molar-refractivity contribution in [1.82, 2.24) is 9.88 Å². The lowest BCUT2D eigenvalue weighted by Gasteiger charge is -2.19. The van der Waals surface area contributed by atoms with Crippen molar-refractivity contribution in [1.29, 1.82) is 5.41 Å². The molecule has 2 aliphatic heterocycles. The fourth-order valence-corrected chi connectivity index (χ4v) is 4.77. The van der Waals surface area contributed by atoms with Crippen molar-refractivity contribution in [2.24, 2.45) is 0 Å². The largest absolute Gasteiger partial charge is 0.463 e. The maximum absolute atomic E-state index is 13.2. The van der Waals surface area contributed by atoms with Crippen molar-refractivity contribution in [2.45, 2.75) is 13.1 Å². The first-order valence-electron chi connectivity index (χ1n) is 9.91. The first-order chi connectivity index (χ1) is 15.5. The maximum atomic E-state index is 13.2. The predicted molar refractivity (Wildman–Crippen MR) is 123 cm³/mol. The molecule has 4 heterocycles. The molecule has 1 fully saturated rings. The minimum absolute atomic E-state index is 0.128. The molecular formula is C22H18ClN5O3S. The molecule has 0 atom stereocenters. The lowest BCUT2D eigenvalue weighted by atomic mass is 10.1. The van der Waals surface area contributed by atoms with Crippen LogP contribution in [0.2, 0.25) is 4.34 Å². The van der Waals surface area contributed by atoms with E-state index in [9.17, 15) is 9.59 Å². The van der Waals surface area contributed by atoms with Gasteiger partial charge in [-0.15, -0.1) is 11.3 Å². The molecular weight excluding hydrogens is 450 g/mol. The Balaban J connectivity index is 1.34. The van der Waals surface area contributed by atoms with Gasteiger partial charge in [0.1, 0.15) is 6.61 Å². The van der Waals surface area contributed by atoms with Crippen LogP contribution in [0.15, 0.2) is 48.7 Å². The molecule has 2 N–H and O–H groups in total. The quantitative estimate of drug-likeness (QED) is 0.591. The summed E-state index contributed by atoms with van der Waals surface area (Å²) in [5, 5.41) is 10.7. The van der Waals surface area contributed by atoms with E-state index in [-0.39, 0.29) is 17.8 Å². The van der Waals surface area contributed by atoms with Crippen molar-refractivity contribution < 1.29 is 14.3 Å². The first kappa shape index (κ1) is 20.5. The number of thiophene rings is 1. The number of carbonyl (C=O) groups excluding carboxylic acids is 2. The third kappa shape index (κ3) is 3.80. The highest BCUT2D eigenvalue weighted by Crippen LogP contribution is 2.31. The fraction of sp³-hybridized carbons (Fsp3) is 0.182. The number of pyridine rings is 1. The molecule has 1 saturated heterocycles.